The van der Waals surface area contributed by atoms with Crippen LogP contribution in [0.25, 0.3) is 0 Å². The average molecular weight is 390 g/mol. The molecule has 0 aromatic carbocycles. The van der Waals surface area contributed by atoms with Gasteiger partial charge in [-0.25, -0.2) is 0 Å². The van der Waals surface area contributed by atoms with E-state index in [1.807, 2.05) is 0 Å². The van der Waals surface area contributed by atoms with Crippen molar-refractivity contribution in [3.8, 4) is 0 Å². The summed E-state index contributed by atoms with van der Waals surface area (Å²) in [5.74, 6) is -3.21. The van der Waals surface area contributed by atoms with Crippen LogP contribution in [-0.2, 0) is 47.5 Å². The smallest absolute Gasteiger partial charge is 0.303 e. The van der Waals surface area contributed by atoms with Crippen LogP contribution in [0, 0.1) is 0 Å². The molecule has 0 spiro atoms. The van der Waals surface area contributed by atoms with Crippen LogP contribution in [0.5, 0.6) is 0 Å². The molecular weight excluding hydrogens is 364 g/mol. The van der Waals surface area contributed by atoms with E-state index in [0.717, 1.165) is 0 Å². The number of carbonyl (C=O) groups is 3. The van der Waals surface area contributed by atoms with Gasteiger partial charge in [-0.15, -0.1) is 0 Å². The summed E-state index contributed by atoms with van der Waals surface area (Å²) < 4.78 is 38.6. The van der Waals surface area contributed by atoms with Crippen molar-refractivity contribution in [3.05, 3.63) is 0 Å². The normalized spacial score (nSPS) is 35.4. The van der Waals surface area contributed by atoms with Crippen LogP contribution in [0.2, 0.25) is 0 Å². The molecule has 2 rings (SSSR count). The molecular formula is C17H26O10. The van der Waals surface area contributed by atoms with Crippen molar-refractivity contribution >= 4 is 17.9 Å². The zero-order chi connectivity index (χ0) is 20.4. The minimum Gasteiger partial charge on any atom is -0.463 e. The van der Waals surface area contributed by atoms with Gasteiger partial charge in [0.15, 0.2) is 24.6 Å². The van der Waals surface area contributed by atoms with Gasteiger partial charge in [0.25, 0.3) is 5.97 Å². The molecule has 0 amide bonds. The van der Waals surface area contributed by atoms with Gasteiger partial charge in [-0.1, -0.05) is 0 Å². The zero-order valence-electron chi connectivity index (χ0n) is 16.3. The van der Waals surface area contributed by atoms with E-state index in [-0.39, 0.29) is 12.7 Å². The molecule has 2 saturated heterocycles. The van der Waals surface area contributed by atoms with Gasteiger partial charge in [0.2, 0.25) is 0 Å². The van der Waals surface area contributed by atoms with Crippen LogP contribution >= 0.6 is 0 Å². The van der Waals surface area contributed by atoms with E-state index in [1.54, 1.807) is 20.8 Å². The van der Waals surface area contributed by atoms with E-state index in [1.165, 1.54) is 20.8 Å². The van der Waals surface area contributed by atoms with Crippen LogP contribution in [0.1, 0.15) is 41.5 Å². The molecule has 0 radical (unpaired) electrons. The van der Waals surface area contributed by atoms with Crippen molar-refractivity contribution in [2.45, 2.75) is 84.3 Å². The fourth-order valence-corrected chi connectivity index (χ4v) is 3.06. The summed E-state index contributed by atoms with van der Waals surface area (Å²) in [6, 6.07) is 0. The van der Waals surface area contributed by atoms with Crippen molar-refractivity contribution in [1.82, 2.24) is 0 Å². The molecule has 2 aliphatic heterocycles. The Morgan fingerprint density at radius 3 is 2.07 bits per heavy atom. The molecule has 6 atom stereocenters. The highest BCUT2D eigenvalue weighted by atomic mass is 16.9. The van der Waals surface area contributed by atoms with E-state index in [2.05, 4.69) is 0 Å². The zero-order valence-corrected chi connectivity index (χ0v) is 16.3. The van der Waals surface area contributed by atoms with Crippen molar-refractivity contribution in [2.75, 3.05) is 6.61 Å². The standard InChI is InChI=1S/C17H26O10/c1-8(2)25-17(6)26-15-14(23-11(5)20)13(22-10(4)19)12(7-21-9(3)18)24-16(15)27-17/h8,12-16H,7H2,1-6H3/t12-,13+,14+,15+,16+,17-/m0/s1. The number of hydrogen-bond donors (Lipinski definition) is 0. The van der Waals surface area contributed by atoms with Crippen LogP contribution in [0.3, 0.4) is 0 Å². The molecule has 154 valence electrons. The first-order valence-corrected chi connectivity index (χ1v) is 8.67. The Morgan fingerprint density at radius 2 is 1.56 bits per heavy atom. The van der Waals surface area contributed by atoms with E-state index in [0.29, 0.717) is 0 Å². The van der Waals surface area contributed by atoms with Crippen LogP contribution < -0.4 is 0 Å². The monoisotopic (exact) mass is 390 g/mol. The Hall–Kier alpha value is -1.75. The van der Waals surface area contributed by atoms with Gasteiger partial charge < -0.3 is 28.4 Å². The van der Waals surface area contributed by atoms with E-state index < -0.39 is 54.6 Å². The van der Waals surface area contributed by atoms with Crippen molar-refractivity contribution in [2.24, 2.45) is 0 Å². The summed E-state index contributed by atoms with van der Waals surface area (Å²) in [6.45, 7) is 8.60. The molecule has 10 heteroatoms. The predicted octanol–water partition coefficient (Wildman–Crippen LogP) is 0.652. The van der Waals surface area contributed by atoms with E-state index in [9.17, 15) is 14.4 Å². The molecule has 0 N–H and O–H groups in total. The van der Waals surface area contributed by atoms with Crippen LogP contribution in [-0.4, -0.2) is 67.3 Å². The fraction of sp³-hybridized carbons (Fsp3) is 0.824. The van der Waals surface area contributed by atoms with Crippen LogP contribution in [0.15, 0.2) is 0 Å². The summed E-state index contributed by atoms with van der Waals surface area (Å²) in [5.41, 5.74) is 0. The maximum atomic E-state index is 11.6. The Balaban J connectivity index is 2.30. The number of hydrogen-bond acceptors (Lipinski definition) is 10. The molecule has 0 bridgehead atoms. The third-order valence-electron chi connectivity index (χ3n) is 3.78. The molecule has 2 aliphatic rings. The Morgan fingerprint density at radius 1 is 0.963 bits per heavy atom. The lowest BCUT2D eigenvalue weighted by molar-refractivity contribution is -0.355. The van der Waals surface area contributed by atoms with Gasteiger partial charge in [0.05, 0.1) is 6.10 Å². The van der Waals surface area contributed by atoms with Crippen molar-refractivity contribution < 1.29 is 47.5 Å². The highest BCUT2D eigenvalue weighted by Crippen LogP contribution is 2.40. The Bertz CT molecular complexity index is 576. The molecule has 0 aromatic rings. The first-order valence-electron chi connectivity index (χ1n) is 8.67. The number of rotatable bonds is 6. The van der Waals surface area contributed by atoms with Gasteiger partial charge >= 0.3 is 17.9 Å². The van der Waals surface area contributed by atoms with E-state index in [4.69, 9.17) is 33.2 Å². The average Bonchev–Trinajstić information content (AvgIpc) is 2.81. The lowest BCUT2D eigenvalue weighted by Crippen LogP contribution is -2.60. The molecule has 0 saturated carbocycles. The number of carbonyl (C=O) groups excluding carboxylic acids is 3. The second-order valence-corrected chi connectivity index (χ2v) is 6.72. The second-order valence-electron chi connectivity index (χ2n) is 6.72. The Labute approximate surface area is 157 Å². The minimum atomic E-state index is -1.45. The van der Waals surface area contributed by atoms with Gasteiger partial charge in [-0.2, -0.15) is 0 Å². The predicted molar refractivity (Wildman–Crippen MR) is 87.0 cm³/mol. The lowest BCUT2D eigenvalue weighted by Gasteiger charge is -2.40. The summed E-state index contributed by atoms with van der Waals surface area (Å²) >= 11 is 0. The van der Waals surface area contributed by atoms with Gasteiger partial charge in [0.1, 0.15) is 12.7 Å². The second kappa shape index (κ2) is 8.51. The summed E-state index contributed by atoms with van der Waals surface area (Å²) in [4.78, 5) is 34.4. The summed E-state index contributed by atoms with van der Waals surface area (Å²) in [7, 11) is 0. The topological polar surface area (TPSA) is 116 Å². The molecule has 0 unspecified atom stereocenters. The number of esters is 3. The van der Waals surface area contributed by atoms with Gasteiger partial charge in [-0.05, 0) is 13.8 Å². The largest absolute Gasteiger partial charge is 0.463 e. The van der Waals surface area contributed by atoms with Gasteiger partial charge in [0, 0.05) is 27.7 Å². The van der Waals surface area contributed by atoms with Crippen LogP contribution in [0.4, 0.5) is 0 Å². The summed E-state index contributed by atoms with van der Waals surface area (Å²) in [6.07, 6.45) is -5.13. The molecule has 2 fully saturated rings. The maximum absolute atomic E-state index is 11.6. The first-order chi connectivity index (χ1) is 12.5. The first kappa shape index (κ1) is 21.5. The summed E-state index contributed by atoms with van der Waals surface area (Å²) in [5, 5.41) is 0. The minimum absolute atomic E-state index is 0.219. The molecule has 0 aliphatic carbocycles. The third kappa shape index (κ3) is 5.61. The molecule has 27 heavy (non-hydrogen) atoms. The van der Waals surface area contributed by atoms with Gasteiger partial charge in [-0.3, -0.25) is 19.1 Å². The highest BCUT2D eigenvalue weighted by Gasteiger charge is 2.59. The molecule has 2 heterocycles. The lowest BCUT2D eigenvalue weighted by atomic mass is 9.98. The molecule has 10 nitrogen and oxygen atoms in total. The SMILES string of the molecule is CC(=O)OC[C@@H]1O[C@@H]2O[C@@](C)(OC(C)C)O[C@@H]2[C@H](OC(C)=O)[C@@H]1OC(C)=O. The quantitative estimate of drug-likeness (QED) is 0.473. The van der Waals surface area contributed by atoms with Crippen molar-refractivity contribution in [3.63, 3.8) is 0 Å². The van der Waals surface area contributed by atoms with Crippen molar-refractivity contribution in [1.29, 1.82) is 0 Å². The fourth-order valence-electron chi connectivity index (χ4n) is 3.06. The number of fused-ring (bicyclic) bond motifs is 1. The van der Waals surface area contributed by atoms with E-state index >= 15 is 0 Å². The highest BCUT2D eigenvalue weighted by molar-refractivity contribution is 5.67. The third-order valence-corrected chi connectivity index (χ3v) is 3.78. The number of ether oxygens (including phenoxy) is 7. The Kier molecular flexibility index (Phi) is 6.79. The molecule has 0 aromatic heterocycles. The maximum Gasteiger partial charge on any atom is 0.303 e.